The van der Waals surface area contributed by atoms with Gasteiger partial charge in [-0.15, -0.1) is 0 Å². The van der Waals surface area contributed by atoms with E-state index in [-0.39, 0.29) is 63.2 Å². The Morgan fingerprint density at radius 3 is 0.162 bits per heavy atom. The molecule has 0 aliphatic carbocycles. The summed E-state index contributed by atoms with van der Waals surface area (Å²) in [6.45, 7) is 71.4. The van der Waals surface area contributed by atoms with Crippen molar-refractivity contribution in [1.82, 2.24) is 58.8 Å². The van der Waals surface area contributed by atoms with E-state index < -0.39 is 0 Å². The summed E-state index contributed by atoms with van der Waals surface area (Å²) in [5.74, 6) is 0. The number of thiocarbonyl (C=S) groups is 12. The van der Waals surface area contributed by atoms with Crippen LogP contribution in [-0.4, -0.2) is 268 Å². The Balaban J connectivity index is -0.0000000596. The smallest absolute Gasteiger partial charge is 0.411 e. The van der Waals surface area contributed by atoms with Gasteiger partial charge >= 0.3 is 63.2 Å². The average molecular weight is 2070 g/mol. The van der Waals surface area contributed by atoms with Gasteiger partial charge in [0.15, 0.2) is 0 Å². The first kappa shape index (κ1) is 138. The molecule has 0 aliphatic rings. The molecular formula is C60H120Mo3N12S24. The fourth-order valence-electron chi connectivity index (χ4n) is 5.78. The van der Waals surface area contributed by atoms with Gasteiger partial charge in [-0.2, -0.15) is 0 Å². The van der Waals surface area contributed by atoms with Gasteiger partial charge in [0, 0.05) is 157 Å². The normalized spacial score (nSPS) is 8.48. The first-order chi connectivity index (χ1) is 44.6. The molecule has 0 heterocycles. The second kappa shape index (κ2) is 103. The topological polar surface area (TPSA) is 38.9 Å². The van der Waals surface area contributed by atoms with E-state index in [2.05, 4.69) is 0 Å². The predicted molar refractivity (Wildman–Crippen MR) is 515 cm³/mol. The van der Waals surface area contributed by atoms with Crippen LogP contribution >= 0.6 is 147 Å². The summed E-state index contributed by atoms with van der Waals surface area (Å²) in [4.78, 5) is 23.6. The van der Waals surface area contributed by atoms with E-state index in [0.29, 0.717) is 51.8 Å². The van der Waals surface area contributed by atoms with Crippen molar-refractivity contribution in [2.75, 3.05) is 157 Å². The maximum absolute atomic E-state index is 4.76. The van der Waals surface area contributed by atoms with Crippen LogP contribution in [0.3, 0.4) is 0 Å². The fraction of sp³-hybridized carbons (Fsp3) is 0.800. The zero-order valence-corrected chi connectivity index (χ0v) is 89.0. The summed E-state index contributed by atoms with van der Waals surface area (Å²) in [6.07, 6.45) is 0. The third-order valence-corrected chi connectivity index (χ3v) is 18.5. The molecule has 0 radical (unpaired) electrons. The van der Waals surface area contributed by atoms with Crippen LogP contribution in [0.4, 0.5) is 0 Å². The molecule has 0 aromatic rings. The van der Waals surface area contributed by atoms with Gasteiger partial charge in [0.1, 0.15) is 0 Å². The van der Waals surface area contributed by atoms with Crippen LogP contribution in [0.2, 0.25) is 0 Å². The molecule has 99 heavy (non-hydrogen) atoms. The molecule has 0 amide bonds. The van der Waals surface area contributed by atoms with Crippen molar-refractivity contribution in [3.63, 3.8) is 0 Å². The summed E-state index contributed by atoms with van der Waals surface area (Å²) >= 11 is 114. The van der Waals surface area contributed by atoms with Gasteiger partial charge in [-0.1, -0.05) is 51.8 Å². The quantitative estimate of drug-likeness (QED) is 0.0523. The van der Waals surface area contributed by atoms with Crippen molar-refractivity contribution in [2.24, 2.45) is 0 Å². The van der Waals surface area contributed by atoms with Gasteiger partial charge in [0.25, 0.3) is 0 Å². The SMILES string of the molecule is CCN(CC)C(=S)[S-].CCN(CC)C(=S)[S-].CCN(CC)C(=S)[S-].CCN(CC)C(=S)[S-].CCN(CC)C(=S)[S-].CCN(CC)C(=S)[S-].CCN(CC)C(=S)[S-].CCN(CC)C(=S)[S-].CCN(CC)C(=S)[S-].CCN(CC)C(=S)[S-].CCN(CC)C(=S)[S-].CCN(CC)C(=S)[S-].[Mo+4].[Mo+4].[Mo+4]. The number of nitrogens with zero attached hydrogens (tertiary/aromatic N) is 12. The third-order valence-electron chi connectivity index (χ3n) is 12.3. The monoisotopic (exact) mass is 2070 g/mol. The van der Waals surface area contributed by atoms with E-state index in [0.717, 1.165) is 157 Å². The average Bonchev–Trinajstić information content (AvgIpc) is 3.58. The molecule has 0 rings (SSSR count). The number of hydrogen-bond acceptors (Lipinski definition) is 24. The molecule has 0 aromatic carbocycles. The molecule has 0 spiro atoms. The van der Waals surface area contributed by atoms with Crippen LogP contribution < -0.4 is 0 Å². The first-order valence-corrected chi connectivity index (χ1v) is 41.9. The molecule has 0 aliphatic heterocycles. The Morgan fingerprint density at radius 1 is 0.131 bits per heavy atom. The summed E-state index contributed by atoms with van der Waals surface area (Å²) in [5, 5.41) is 0. The third kappa shape index (κ3) is 101. The van der Waals surface area contributed by atoms with Gasteiger partial charge in [-0.3, -0.25) is 0 Å². The molecule has 582 valence electrons. The second-order valence-corrected chi connectivity index (χ2v) is 29.6. The Morgan fingerprint density at radius 2 is 0.162 bits per heavy atom. The molecular weight excluding hydrogens is 1950 g/mol. The van der Waals surface area contributed by atoms with Crippen LogP contribution in [0.1, 0.15) is 166 Å². The van der Waals surface area contributed by atoms with E-state index in [4.69, 9.17) is 298 Å². The summed E-state index contributed by atoms with van der Waals surface area (Å²) in [6, 6.07) is 0. The summed E-state index contributed by atoms with van der Waals surface area (Å²) < 4.78 is 6.94. The van der Waals surface area contributed by atoms with Crippen molar-refractivity contribution >= 4 is 350 Å². The Hall–Kier alpha value is 3.38. The zero-order chi connectivity index (χ0) is 78.8. The standard InChI is InChI=1S/12C5H11NS2.3Mo/c12*1-3-6(4-2)5(7)8;;;/h12*3-4H2,1-2H3,(H,7,8);;;/q;;;;;;;;;;;;3*+4/p-12. The van der Waals surface area contributed by atoms with Crippen LogP contribution in [0.25, 0.3) is 0 Å². The van der Waals surface area contributed by atoms with Crippen molar-refractivity contribution in [3.05, 3.63) is 0 Å². The molecule has 0 aromatic heterocycles. The molecule has 0 bridgehead atoms. The molecule has 0 fully saturated rings. The minimum absolute atomic E-state index is 0. The first-order valence-electron chi connectivity index (χ1n) is 32.1. The van der Waals surface area contributed by atoms with E-state index in [1.807, 2.05) is 225 Å². The van der Waals surface area contributed by atoms with Crippen molar-refractivity contribution in [3.8, 4) is 0 Å². The van der Waals surface area contributed by atoms with Crippen LogP contribution in [0.15, 0.2) is 0 Å². The minimum atomic E-state index is 0. The molecule has 0 atom stereocenters. The Labute approximate surface area is 784 Å². The predicted octanol–water partition coefficient (Wildman–Crippen LogP) is 13.9. The van der Waals surface area contributed by atoms with E-state index in [1.54, 1.807) is 0 Å². The molecule has 12 nitrogen and oxygen atoms in total. The number of rotatable bonds is 24. The van der Waals surface area contributed by atoms with Gasteiger partial charge in [-0.25, -0.2) is 0 Å². The molecule has 0 unspecified atom stereocenters. The number of hydrogen-bond donors (Lipinski definition) is 0. The summed E-state index contributed by atoms with van der Waals surface area (Å²) in [7, 11) is 0. The second-order valence-electron chi connectivity index (χ2n) is 17.3. The van der Waals surface area contributed by atoms with E-state index in [1.165, 1.54) is 0 Å². The zero-order valence-electron chi connectivity index (χ0n) is 63.4. The van der Waals surface area contributed by atoms with Gasteiger partial charge in [0.05, 0.1) is 0 Å². The summed E-state index contributed by atoms with van der Waals surface area (Å²) in [5.41, 5.74) is 0. The van der Waals surface area contributed by atoms with Gasteiger partial charge < -0.3 is 357 Å². The fourth-order valence-corrected chi connectivity index (χ4v) is 12.0. The molecule has 39 heteroatoms. The van der Waals surface area contributed by atoms with Gasteiger partial charge in [0.2, 0.25) is 0 Å². The van der Waals surface area contributed by atoms with Gasteiger partial charge in [-0.05, 0) is 166 Å². The van der Waals surface area contributed by atoms with Crippen LogP contribution in [0, 0.1) is 0 Å². The maximum atomic E-state index is 4.76. The minimum Gasteiger partial charge on any atom is -0.411 e. The largest absolute Gasteiger partial charge is 4.00 e. The van der Waals surface area contributed by atoms with Crippen molar-refractivity contribution < 1.29 is 63.2 Å². The van der Waals surface area contributed by atoms with E-state index in [9.17, 15) is 0 Å². The Kier molecular flexibility index (Phi) is 144. The molecule has 0 saturated heterocycles. The van der Waals surface area contributed by atoms with Crippen molar-refractivity contribution in [1.29, 1.82) is 0 Å². The maximum Gasteiger partial charge on any atom is 4.00 e. The van der Waals surface area contributed by atoms with Crippen LogP contribution in [0.5, 0.6) is 0 Å². The molecule has 0 N–H and O–H groups in total. The Bertz CT molecular complexity index is 1430. The van der Waals surface area contributed by atoms with E-state index >= 15 is 0 Å². The molecule has 0 saturated carbocycles. The van der Waals surface area contributed by atoms with Crippen molar-refractivity contribution in [2.45, 2.75) is 166 Å². The van der Waals surface area contributed by atoms with Crippen LogP contribution in [-0.2, 0) is 215 Å².